The summed E-state index contributed by atoms with van der Waals surface area (Å²) < 4.78 is 11.9. The van der Waals surface area contributed by atoms with Crippen LogP contribution < -0.4 is 10.5 Å². The van der Waals surface area contributed by atoms with E-state index in [2.05, 4.69) is 4.98 Å². The highest BCUT2D eigenvalue weighted by atomic mass is 32.1. The summed E-state index contributed by atoms with van der Waals surface area (Å²) in [7, 11) is 0. The molecule has 2 aliphatic heterocycles. The summed E-state index contributed by atoms with van der Waals surface area (Å²) in [6, 6.07) is 4.39. The number of aromatic nitrogens is 1. The highest BCUT2D eigenvalue weighted by Gasteiger charge is 2.39. The van der Waals surface area contributed by atoms with Crippen molar-refractivity contribution in [2.45, 2.75) is 25.0 Å². The molecule has 1 aromatic carbocycles. The molecule has 0 bridgehead atoms. The van der Waals surface area contributed by atoms with Crippen molar-refractivity contribution in [3.05, 3.63) is 38.2 Å². The summed E-state index contributed by atoms with van der Waals surface area (Å²) in [5, 5.41) is 21.0. The molecule has 0 saturated carbocycles. The van der Waals surface area contributed by atoms with Gasteiger partial charge in [-0.1, -0.05) is 11.3 Å². The van der Waals surface area contributed by atoms with Gasteiger partial charge in [0, 0.05) is 32.0 Å². The zero-order valence-corrected chi connectivity index (χ0v) is 15.2. The first-order valence-electron chi connectivity index (χ1n) is 8.58. The van der Waals surface area contributed by atoms with Gasteiger partial charge in [-0.25, -0.2) is 0 Å². The number of ether oxygens (including phenoxy) is 2. The van der Waals surface area contributed by atoms with Crippen LogP contribution in [0.5, 0.6) is 0 Å². The average Bonchev–Trinajstić information content (AvgIpc) is 2.68. The Kier molecular flexibility index (Phi) is 4.51. The normalized spacial score (nSPS) is 19.1. The monoisotopic (exact) mass is 388 g/mol. The van der Waals surface area contributed by atoms with Crippen LogP contribution in [0.1, 0.15) is 24.8 Å². The van der Waals surface area contributed by atoms with Crippen molar-refractivity contribution in [1.29, 1.82) is 5.26 Å². The molecular formula is C17H16N4O5S. The maximum Gasteiger partial charge on any atom is 0.288 e. The quantitative estimate of drug-likeness (QED) is 0.567. The molecule has 27 heavy (non-hydrogen) atoms. The molecule has 9 nitrogen and oxygen atoms in total. The number of nitro benzene ring substituents is 1. The van der Waals surface area contributed by atoms with Gasteiger partial charge >= 0.3 is 0 Å². The topological polar surface area (TPSA) is 119 Å². The molecule has 0 unspecified atom stereocenters. The molecule has 0 atom stereocenters. The lowest BCUT2D eigenvalue weighted by Gasteiger charge is -2.43. The molecule has 140 valence electrons. The Hall–Kier alpha value is -2.61. The van der Waals surface area contributed by atoms with Crippen LogP contribution in [0.25, 0.3) is 10.1 Å². The molecule has 0 amide bonds. The van der Waals surface area contributed by atoms with E-state index in [0.717, 1.165) is 17.8 Å². The van der Waals surface area contributed by atoms with Gasteiger partial charge in [-0.3, -0.25) is 14.9 Å². The van der Waals surface area contributed by atoms with E-state index in [0.29, 0.717) is 44.3 Å². The summed E-state index contributed by atoms with van der Waals surface area (Å²) in [6.45, 7) is 2.51. The molecule has 4 rings (SSSR count). The number of rotatable bonds is 2. The highest BCUT2D eigenvalue weighted by Crippen LogP contribution is 2.36. The van der Waals surface area contributed by atoms with E-state index in [1.165, 1.54) is 12.1 Å². The molecule has 10 heteroatoms. The van der Waals surface area contributed by atoms with E-state index in [1.54, 1.807) is 0 Å². The Labute approximate surface area is 157 Å². The third kappa shape index (κ3) is 3.25. The minimum absolute atomic E-state index is 0.0690. The van der Waals surface area contributed by atoms with Crippen LogP contribution >= 0.6 is 11.3 Å². The van der Waals surface area contributed by atoms with Crippen molar-refractivity contribution < 1.29 is 14.4 Å². The van der Waals surface area contributed by atoms with Gasteiger partial charge in [0.2, 0.25) is 0 Å². The highest BCUT2D eigenvalue weighted by molar-refractivity contribution is 7.22. The largest absolute Gasteiger partial charge is 0.350 e. The number of hydrogen-bond acceptors (Lipinski definition) is 9. The number of non-ortho nitro benzene ring substituents is 1. The number of hydrogen-bond donors (Lipinski definition) is 0. The first-order valence-corrected chi connectivity index (χ1v) is 9.39. The summed E-state index contributed by atoms with van der Waals surface area (Å²) >= 11 is 1.10. The van der Waals surface area contributed by atoms with E-state index < -0.39 is 16.3 Å². The maximum atomic E-state index is 12.5. The second kappa shape index (κ2) is 6.84. The molecule has 1 aromatic heterocycles. The van der Waals surface area contributed by atoms with Crippen molar-refractivity contribution in [2.75, 3.05) is 31.2 Å². The minimum atomic E-state index is -0.572. The molecule has 0 aliphatic carbocycles. The van der Waals surface area contributed by atoms with Gasteiger partial charge in [0.05, 0.1) is 35.2 Å². The minimum Gasteiger partial charge on any atom is -0.350 e. The molecule has 0 radical (unpaired) electrons. The van der Waals surface area contributed by atoms with Gasteiger partial charge in [0.15, 0.2) is 10.9 Å². The number of piperidine rings is 1. The average molecular weight is 388 g/mol. The van der Waals surface area contributed by atoms with Crippen LogP contribution in [-0.4, -0.2) is 42.0 Å². The van der Waals surface area contributed by atoms with Gasteiger partial charge in [-0.05, 0) is 12.5 Å². The second-order valence-electron chi connectivity index (χ2n) is 6.49. The summed E-state index contributed by atoms with van der Waals surface area (Å²) in [4.78, 5) is 29.4. The van der Waals surface area contributed by atoms with Gasteiger partial charge in [0.25, 0.3) is 11.2 Å². The number of benzene rings is 1. The fraction of sp³-hybridized carbons (Fsp3) is 0.471. The van der Waals surface area contributed by atoms with Gasteiger partial charge in [0.1, 0.15) is 4.70 Å². The lowest BCUT2D eigenvalue weighted by atomic mass is 10.0. The van der Waals surface area contributed by atoms with Crippen molar-refractivity contribution in [3.63, 3.8) is 0 Å². The lowest BCUT2D eigenvalue weighted by Crippen LogP contribution is -2.50. The van der Waals surface area contributed by atoms with Crippen LogP contribution in [-0.2, 0) is 9.47 Å². The summed E-state index contributed by atoms with van der Waals surface area (Å²) in [5.74, 6) is -0.565. The molecule has 3 heterocycles. The Morgan fingerprint density at radius 1 is 1.30 bits per heavy atom. The third-order valence-electron chi connectivity index (χ3n) is 4.83. The number of nitro groups is 1. The summed E-state index contributed by atoms with van der Waals surface area (Å²) in [6.07, 6.45) is 2.17. The van der Waals surface area contributed by atoms with Crippen molar-refractivity contribution in [3.8, 4) is 6.07 Å². The van der Waals surface area contributed by atoms with Crippen LogP contribution in [0.15, 0.2) is 16.9 Å². The first-order chi connectivity index (χ1) is 13.0. The van der Waals surface area contributed by atoms with E-state index in [-0.39, 0.29) is 21.3 Å². The van der Waals surface area contributed by atoms with Crippen molar-refractivity contribution in [2.24, 2.45) is 0 Å². The van der Waals surface area contributed by atoms with Gasteiger partial charge in [-0.15, -0.1) is 0 Å². The summed E-state index contributed by atoms with van der Waals surface area (Å²) in [5.41, 5.74) is -0.744. The molecule has 0 N–H and O–H groups in total. The van der Waals surface area contributed by atoms with E-state index in [9.17, 15) is 14.9 Å². The Morgan fingerprint density at radius 3 is 2.63 bits per heavy atom. The standard InChI is InChI=1S/C17H16N4O5S/c18-10-11-8-12-14(13(9-11)21(23)24)27-16(19-15(12)22)20-4-2-17(3-5-20)25-6-1-7-26-17/h8-9H,1-7H2. The number of nitrogens with zero attached hydrogens (tertiary/aromatic N) is 4. The van der Waals surface area contributed by atoms with E-state index in [1.807, 2.05) is 11.0 Å². The zero-order valence-electron chi connectivity index (χ0n) is 14.3. The molecule has 1 spiro atoms. The number of anilines is 1. The smallest absolute Gasteiger partial charge is 0.288 e. The van der Waals surface area contributed by atoms with Crippen molar-refractivity contribution in [1.82, 2.24) is 4.98 Å². The maximum absolute atomic E-state index is 12.5. The van der Waals surface area contributed by atoms with Crippen LogP contribution in [0.4, 0.5) is 10.8 Å². The molecule has 2 saturated heterocycles. The first kappa shape index (κ1) is 17.8. The van der Waals surface area contributed by atoms with Crippen molar-refractivity contribution >= 4 is 32.2 Å². The molecule has 2 aliphatic rings. The van der Waals surface area contributed by atoms with E-state index in [4.69, 9.17) is 14.7 Å². The fourth-order valence-corrected chi connectivity index (χ4v) is 4.54. The SMILES string of the molecule is N#Cc1cc([N+](=O)[O-])c2sc(N3CCC4(CC3)OCCCO4)nc(=O)c2c1. The van der Waals surface area contributed by atoms with Crippen LogP contribution in [0, 0.1) is 21.4 Å². The number of nitriles is 1. The van der Waals surface area contributed by atoms with Crippen LogP contribution in [0.2, 0.25) is 0 Å². The van der Waals surface area contributed by atoms with Crippen LogP contribution in [0.3, 0.4) is 0 Å². The second-order valence-corrected chi connectivity index (χ2v) is 7.47. The molecule has 2 aromatic rings. The predicted octanol–water partition coefficient (Wildman–Crippen LogP) is 2.17. The van der Waals surface area contributed by atoms with Gasteiger partial charge in [-0.2, -0.15) is 10.2 Å². The van der Waals surface area contributed by atoms with Gasteiger partial charge < -0.3 is 14.4 Å². The zero-order chi connectivity index (χ0) is 19.0. The number of fused-ring (bicyclic) bond motifs is 1. The fourth-order valence-electron chi connectivity index (χ4n) is 3.42. The molecular weight excluding hydrogens is 372 g/mol. The predicted molar refractivity (Wildman–Crippen MR) is 98.0 cm³/mol. The third-order valence-corrected chi connectivity index (χ3v) is 6.00. The lowest BCUT2D eigenvalue weighted by molar-refractivity contribution is -0.382. The Balaban J connectivity index is 1.69. The Bertz CT molecular complexity index is 999. The molecule has 2 fully saturated rings. The Morgan fingerprint density at radius 2 is 2.00 bits per heavy atom. The van der Waals surface area contributed by atoms with E-state index >= 15 is 0 Å².